The number of carbonyl (C=O) groups is 2. The number of hydrogen-bond acceptors (Lipinski definition) is 6. The van der Waals surface area contributed by atoms with E-state index in [4.69, 9.17) is 4.74 Å². The Kier molecular flexibility index (Phi) is 25.6. The van der Waals surface area contributed by atoms with E-state index in [-0.39, 0.29) is 18.5 Å². The minimum Gasteiger partial charge on any atom is -0.469 e. The number of aliphatic hydroxyl groups excluding tert-OH is 1. The molecule has 1 N–H and O–H groups in total. The summed E-state index contributed by atoms with van der Waals surface area (Å²) in [5.74, 6) is -0.154. The van der Waals surface area contributed by atoms with Crippen molar-refractivity contribution in [3.63, 3.8) is 0 Å². The Morgan fingerprint density at radius 1 is 0.618 bits per heavy atom. The third-order valence-corrected chi connectivity index (χ3v) is 6.37. The zero-order valence-corrected chi connectivity index (χ0v) is 22.5. The van der Waals surface area contributed by atoms with Gasteiger partial charge < -0.3 is 19.5 Å². The Morgan fingerprint density at radius 2 is 1.09 bits per heavy atom. The highest BCUT2D eigenvalue weighted by Crippen LogP contribution is 2.11. The number of unbranched alkanes of at least 4 members (excludes halogenated alkanes) is 14. The van der Waals surface area contributed by atoms with Crippen molar-refractivity contribution < 1.29 is 24.2 Å². The highest BCUT2D eigenvalue weighted by Gasteiger charge is 2.06. The Balaban J connectivity index is 3.52. The van der Waals surface area contributed by atoms with Crippen LogP contribution < -0.4 is 0 Å². The van der Waals surface area contributed by atoms with Crippen LogP contribution in [0.5, 0.6) is 0 Å². The molecule has 0 fully saturated rings. The lowest BCUT2D eigenvalue weighted by molar-refractivity contribution is -0.144. The summed E-state index contributed by atoms with van der Waals surface area (Å²) in [4.78, 5) is 25.3. The summed E-state index contributed by atoms with van der Waals surface area (Å²) in [5, 5.41) is 9.32. The number of carbonyl (C=O) groups excluding carboxylic acids is 2. The molecule has 0 aliphatic carbocycles. The molecule has 0 heterocycles. The van der Waals surface area contributed by atoms with Gasteiger partial charge in [0, 0.05) is 19.4 Å². The van der Waals surface area contributed by atoms with E-state index in [9.17, 15) is 14.7 Å². The van der Waals surface area contributed by atoms with Crippen molar-refractivity contribution in [2.75, 3.05) is 40.0 Å². The second-order valence-corrected chi connectivity index (χ2v) is 9.52. The van der Waals surface area contributed by atoms with Crippen LogP contribution in [0, 0.1) is 0 Å². The van der Waals surface area contributed by atoms with Crippen LogP contribution in [0.3, 0.4) is 0 Å². The van der Waals surface area contributed by atoms with Crippen molar-refractivity contribution in [1.82, 2.24) is 4.90 Å². The number of aliphatic hydroxyl groups is 1. The minimum atomic E-state index is -0.118. The Hall–Kier alpha value is -1.14. The second kappa shape index (κ2) is 26.5. The lowest BCUT2D eigenvalue weighted by Gasteiger charge is -2.21. The smallest absolute Gasteiger partial charge is 0.305 e. The monoisotopic (exact) mass is 485 g/mol. The summed E-state index contributed by atoms with van der Waals surface area (Å²) in [7, 11) is 1.44. The van der Waals surface area contributed by atoms with Crippen LogP contribution in [0.1, 0.15) is 129 Å². The van der Waals surface area contributed by atoms with Crippen LogP contribution in [0.4, 0.5) is 0 Å². The van der Waals surface area contributed by atoms with Crippen molar-refractivity contribution in [3.8, 4) is 0 Å². The van der Waals surface area contributed by atoms with Crippen molar-refractivity contribution in [1.29, 1.82) is 0 Å². The van der Waals surface area contributed by atoms with Crippen LogP contribution in [-0.2, 0) is 19.1 Å². The van der Waals surface area contributed by atoms with Crippen LogP contribution in [-0.4, -0.2) is 61.9 Å². The summed E-state index contributed by atoms with van der Waals surface area (Å²) in [5.41, 5.74) is 0. The van der Waals surface area contributed by atoms with Crippen LogP contribution >= 0.6 is 0 Å². The fourth-order valence-electron chi connectivity index (χ4n) is 4.17. The average molecular weight is 486 g/mol. The lowest BCUT2D eigenvalue weighted by Crippen LogP contribution is -2.29. The quantitative estimate of drug-likeness (QED) is 0.112. The van der Waals surface area contributed by atoms with Gasteiger partial charge in [0.05, 0.1) is 20.3 Å². The maximum atomic E-state index is 11.8. The molecule has 0 atom stereocenters. The highest BCUT2D eigenvalue weighted by molar-refractivity contribution is 5.69. The standard InChI is InChI=1S/C28H55NO5/c1-3-4-5-6-7-14-19-26-34-28(32)21-16-11-9-13-18-23-29(24-25-30)22-17-12-8-10-15-20-27(31)33-2/h30H,3-26H2,1-2H3. The third kappa shape index (κ3) is 24.0. The zero-order valence-electron chi connectivity index (χ0n) is 22.5. The maximum Gasteiger partial charge on any atom is 0.305 e. The first-order valence-electron chi connectivity index (χ1n) is 14.2. The Morgan fingerprint density at radius 3 is 1.62 bits per heavy atom. The molecular formula is C28H55NO5. The third-order valence-electron chi connectivity index (χ3n) is 6.37. The maximum absolute atomic E-state index is 11.8. The van der Waals surface area contributed by atoms with Gasteiger partial charge in [-0.05, 0) is 45.2 Å². The summed E-state index contributed by atoms with van der Waals surface area (Å²) in [6.45, 7) is 5.83. The van der Waals surface area contributed by atoms with Gasteiger partial charge in [-0.25, -0.2) is 0 Å². The van der Waals surface area contributed by atoms with Gasteiger partial charge in [-0.2, -0.15) is 0 Å². The predicted octanol–water partition coefficient (Wildman–Crippen LogP) is 6.43. The molecule has 34 heavy (non-hydrogen) atoms. The Labute approximate surface area is 210 Å². The summed E-state index contributed by atoms with van der Waals surface area (Å²) in [6, 6.07) is 0. The van der Waals surface area contributed by atoms with Gasteiger partial charge in [0.1, 0.15) is 0 Å². The Bertz CT molecular complexity index is 458. The molecule has 0 aromatic rings. The van der Waals surface area contributed by atoms with Crippen molar-refractivity contribution in [3.05, 3.63) is 0 Å². The molecule has 0 aromatic heterocycles. The van der Waals surface area contributed by atoms with Crippen LogP contribution in [0.2, 0.25) is 0 Å². The van der Waals surface area contributed by atoms with Gasteiger partial charge in [-0.3, -0.25) is 9.59 Å². The largest absolute Gasteiger partial charge is 0.469 e. The molecule has 0 rings (SSSR count). The van der Waals surface area contributed by atoms with Crippen molar-refractivity contribution in [2.45, 2.75) is 129 Å². The number of nitrogens with zero attached hydrogens (tertiary/aromatic N) is 1. The predicted molar refractivity (Wildman–Crippen MR) is 140 cm³/mol. The van der Waals surface area contributed by atoms with Gasteiger partial charge in [0.2, 0.25) is 0 Å². The first-order chi connectivity index (χ1) is 16.6. The summed E-state index contributed by atoms with van der Waals surface area (Å²) >= 11 is 0. The van der Waals surface area contributed by atoms with Crippen LogP contribution in [0.25, 0.3) is 0 Å². The molecule has 202 valence electrons. The van der Waals surface area contributed by atoms with E-state index in [0.29, 0.717) is 19.4 Å². The number of esters is 2. The number of rotatable bonds is 26. The summed E-state index contributed by atoms with van der Waals surface area (Å²) in [6.07, 6.45) is 20.6. The van der Waals surface area contributed by atoms with Gasteiger partial charge in [0.25, 0.3) is 0 Å². The summed E-state index contributed by atoms with van der Waals surface area (Å²) < 4.78 is 10.0. The molecular weight excluding hydrogens is 430 g/mol. The molecule has 0 saturated carbocycles. The van der Waals surface area contributed by atoms with Gasteiger partial charge in [-0.15, -0.1) is 0 Å². The van der Waals surface area contributed by atoms with Gasteiger partial charge >= 0.3 is 11.9 Å². The van der Waals surface area contributed by atoms with E-state index in [0.717, 1.165) is 83.8 Å². The number of ether oxygens (including phenoxy) is 2. The first-order valence-corrected chi connectivity index (χ1v) is 14.2. The number of methoxy groups -OCH3 is 1. The second-order valence-electron chi connectivity index (χ2n) is 9.52. The molecule has 6 heteroatoms. The van der Waals surface area contributed by atoms with E-state index in [2.05, 4.69) is 16.6 Å². The topological polar surface area (TPSA) is 76.1 Å². The molecule has 0 radical (unpaired) electrons. The SMILES string of the molecule is CCCCCCCCCOC(=O)CCCCCCCN(CCO)CCCCCCCC(=O)OC. The molecule has 0 spiro atoms. The zero-order chi connectivity index (χ0) is 25.1. The van der Waals surface area contributed by atoms with E-state index in [1.54, 1.807) is 0 Å². The van der Waals surface area contributed by atoms with E-state index in [1.807, 2.05) is 0 Å². The van der Waals surface area contributed by atoms with Crippen molar-refractivity contribution in [2.24, 2.45) is 0 Å². The first kappa shape index (κ1) is 32.9. The molecule has 0 aliphatic heterocycles. The fraction of sp³-hybridized carbons (Fsp3) is 0.929. The van der Waals surface area contributed by atoms with Crippen molar-refractivity contribution >= 4 is 11.9 Å². The van der Waals surface area contributed by atoms with E-state index in [1.165, 1.54) is 52.1 Å². The molecule has 0 aromatic carbocycles. The molecule has 0 unspecified atom stereocenters. The lowest BCUT2D eigenvalue weighted by atomic mass is 10.1. The van der Waals surface area contributed by atoms with E-state index >= 15 is 0 Å². The van der Waals surface area contributed by atoms with Crippen LogP contribution in [0.15, 0.2) is 0 Å². The molecule has 0 amide bonds. The minimum absolute atomic E-state index is 0.0367. The fourth-order valence-corrected chi connectivity index (χ4v) is 4.17. The van der Waals surface area contributed by atoms with Gasteiger partial charge in [0.15, 0.2) is 0 Å². The molecule has 0 bridgehead atoms. The van der Waals surface area contributed by atoms with Gasteiger partial charge in [-0.1, -0.05) is 84.0 Å². The highest BCUT2D eigenvalue weighted by atomic mass is 16.5. The molecule has 0 aliphatic rings. The molecule has 6 nitrogen and oxygen atoms in total. The van der Waals surface area contributed by atoms with E-state index < -0.39 is 0 Å². The average Bonchev–Trinajstić information content (AvgIpc) is 2.84. The normalized spacial score (nSPS) is 11.2. The molecule has 0 saturated heterocycles. The number of hydrogen-bond donors (Lipinski definition) is 1.